The summed E-state index contributed by atoms with van der Waals surface area (Å²) in [6.07, 6.45) is 1.97. The van der Waals surface area contributed by atoms with E-state index in [0.717, 1.165) is 12.8 Å². The molecule has 118 valence electrons. The van der Waals surface area contributed by atoms with Gasteiger partial charge in [-0.25, -0.2) is 0 Å². The molecular formula is C16H30O4. The summed E-state index contributed by atoms with van der Waals surface area (Å²) in [6.45, 7) is 12.1. The average molecular weight is 286 g/mol. The number of carbonyl (C=O) groups excluding carboxylic acids is 2. The lowest BCUT2D eigenvalue weighted by atomic mass is 9.68. The van der Waals surface area contributed by atoms with Crippen LogP contribution < -0.4 is 0 Å². The first kappa shape index (κ1) is 18.9. The van der Waals surface area contributed by atoms with Gasteiger partial charge in [0.2, 0.25) is 0 Å². The molecule has 4 nitrogen and oxygen atoms in total. The molecule has 0 aliphatic heterocycles. The molecule has 0 N–H and O–H groups in total. The van der Waals surface area contributed by atoms with Crippen LogP contribution in [0.25, 0.3) is 0 Å². The largest absolute Gasteiger partial charge is 0.465 e. The van der Waals surface area contributed by atoms with Crippen molar-refractivity contribution in [1.29, 1.82) is 0 Å². The summed E-state index contributed by atoms with van der Waals surface area (Å²) >= 11 is 0. The Kier molecular flexibility index (Phi) is 8.51. The van der Waals surface area contributed by atoms with E-state index in [-0.39, 0.29) is 25.0 Å². The van der Waals surface area contributed by atoms with Gasteiger partial charge in [-0.1, -0.05) is 40.5 Å². The van der Waals surface area contributed by atoms with Crippen molar-refractivity contribution in [2.24, 2.45) is 17.3 Å². The van der Waals surface area contributed by atoms with Crippen molar-refractivity contribution in [2.75, 3.05) is 13.2 Å². The van der Waals surface area contributed by atoms with Crippen molar-refractivity contribution in [3.05, 3.63) is 0 Å². The number of carbonyl (C=O) groups is 2. The SMILES string of the molecule is CCOC(=O)C(CC(C)C)(C(=O)OCC)C(CC)CC. The van der Waals surface area contributed by atoms with Gasteiger partial charge in [0.05, 0.1) is 13.2 Å². The highest BCUT2D eigenvalue weighted by Crippen LogP contribution is 2.41. The van der Waals surface area contributed by atoms with Gasteiger partial charge in [-0.3, -0.25) is 9.59 Å². The van der Waals surface area contributed by atoms with Crippen molar-refractivity contribution < 1.29 is 19.1 Å². The smallest absolute Gasteiger partial charge is 0.323 e. The van der Waals surface area contributed by atoms with Crippen LogP contribution in [-0.4, -0.2) is 25.2 Å². The van der Waals surface area contributed by atoms with Crippen molar-refractivity contribution in [1.82, 2.24) is 0 Å². The molecule has 0 bridgehead atoms. The summed E-state index contributed by atoms with van der Waals surface area (Å²) in [6, 6.07) is 0. The zero-order chi connectivity index (χ0) is 15.8. The molecule has 0 saturated heterocycles. The molecule has 20 heavy (non-hydrogen) atoms. The summed E-state index contributed by atoms with van der Waals surface area (Å²) in [5.41, 5.74) is -1.16. The van der Waals surface area contributed by atoms with Crippen molar-refractivity contribution in [3.8, 4) is 0 Å². The molecule has 0 amide bonds. The lowest BCUT2D eigenvalue weighted by Gasteiger charge is -2.36. The van der Waals surface area contributed by atoms with Gasteiger partial charge in [0.15, 0.2) is 5.41 Å². The standard InChI is InChI=1S/C16H30O4/c1-7-13(8-2)16(11-12(5)6,14(17)19-9-3)15(18)20-10-4/h12-13H,7-11H2,1-6H3. The van der Waals surface area contributed by atoms with Crippen LogP contribution in [0.4, 0.5) is 0 Å². The van der Waals surface area contributed by atoms with E-state index in [1.54, 1.807) is 13.8 Å². The molecule has 0 fully saturated rings. The Bertz CT molecular complexity index is 288. The molecule has 4 heteroatoms. The van der Waals surface area contributed by atoms with E-state index in [0.29, 0.717) is 6.42 Å². The fraction of sp³-hybridized carbons (Fsp3) is 0.875. The summed E-state index contributed by atoms with van der Waals surface area (Å²) in [5.74, 6) is -0.700. The molecule has 0 aliphatic carbocycles. The minimum Gasteiger partial charge on any atom is -0.465 e. The Morgan fingerprint density at radius 3 is 1.55 bits per heavy atom. The molecule has 0 atom stereocenters. The molecule has 0 heterocycles. The van der Waals surface area contributed by atoms with Gasteiger partial charge in [0.1, 0.15) is 0 Å². The van der Waals surface area contributed by atoms with E-state index >= 15 is 0 Å². The Balaban J connectivity index is 5.73. The predicted molar refractivity (Wildman–Crippen MR) is 79.2 cm³/mol. The third-order valence-electron chi connectivity index (χ3n) is 3.69. The minimum absolute atomic E-state index is 0.0528. The molecular weight excluding hydrogens is 256 g/mol. The number of hydrogen-bond acceptors (Lipinski definition) is 4. The number of ether oxygens (including phenoxy) is 2. The van der Waals surface area contributed by atoms with Gasteiger partial charge < -0.3 is 9.47 Å². The van der Waals surface area contributed by atoms with Crippen LogP contribution in [-0.2, 0) is 19.1 Å². The van der Waals surface area contributed by atoms with Gasteiger partial charge in [0, 0.05) is 0 Å². The second kappa shape index (κ2) is 8.98. The number of rotatable bonds is 9. The summed E-state index contributed by atoms with van der Waals surface area (Å²) in [4.78, 5) is 25.1. The van der Waals surface area contributed by atoms with E-state index in [2.05, 4.69) is 0 Å². The maximum absolute atomic E-state index is 12.6. The van der Waals surface area contributed by atoms with E-state index in [4.69, 9.17) is 9.47 Å². The van der Waals surface area contributed by atoms with Gasteiger partial charge in [-0.05, 0) is 32.1 Å². The Hall–Kier alpha value is -1.06. The number of esters is 2. The first-order valence-corrected chi connectivity index (χ1v) is 7.74. The Morgan fingerprint density at radius 1 is 0.900 bits per heavy atom. The number of hydrogen-bond donors (Lipinski definition) is 0. The van der Waals surface area contributed by atoms with Gasteiger partial charge in [-0.2, -0.15) is 0 Å². The van der Waals surface area contributed by atoms with Crippen LogP contribution in [0.15, 0.2) is 0 Å². The fourth-order valence-corrected chi connectivity index (χ4v) is 2.90. The first-order valence-electron chi connectivity index (χ1n) is 7.74. The summed E-state index contributed by atoms with van der Waals surface area (Å²) in [7, 11) is 0. The van der Waals surface area contributed by atoms with E-state index in [1.165, 1.54) is 0 Å². The van der Waals surface area contributed by atoms with Gasteiger partial charge in [0.25, 0.3) is 0 Å². The van der Waals surface area contributed by atoms with Crippen LogP contribution in [0.5, 0.6) is 0 Å². The topological polar surface area (TPSA) is 52.6 Å². The van der Waals surface area contributed by atoms with Crippen LogP contribution in [0.2, 0.25) is 0 Å². The van der Waals surface area contributed by atoms with E-state index < -0.39 is 17.4 Å². The fourth-order valence-electron chi connectivity index (χ4n) is 2.90. The lowest BCUT2D eigenvalue weighted by molar-refractivity contribution is -0.179. The highest BCUT2D eigenvalue weighted by Gasteiger charge is 2.53. The average Bonchev–Trinajstić information content (AvgIpc) is 2.38. The maximum atomic E-state index is 12.6. The molecule has 0 aromatic rings. The molecule has 0 aliphatic rings. The molecule has 0 aromatic heterocycles. The second-order valence-electron chi connectivity index (χ2n) is 5.52. The summed E-state index contributed by atoms with van der Waals surface area (Å²) < 4.78 is 10.4. The molecule has 0 radical (unpaired) electrons. The van der Waals surface area contributed by atoms with E-state index in [9.17, 15) is 9.59 Å². The normalized spacial score (nSPS) is 11.8. The molecule has 0 aromatic carbocycles. The third-order valence-corrected chi connectivity index (χ3v) is 3.69. The quantitative estimate of drug-likeness (QED) is 0.480. The molecule has 0 saturated carbocycles. The van der Waals surface area contributed by atoms with Crippen molar-refractivity contribution in [3.63, 3.8) is 0 Å². The summed E-state index contributed by atoms with van der Waals surface area (Å²) in [5, 5.41) is 0. The first-order chi connectivity index (χ1) is 9.40. The highest BCUT2D eigenvalue weighted by molar-refractivity contribution is 6.00. The minimum atomic E-state index is -1.16. The Labute approximate surface area is 123 Å². The van der Waals surface area contributed by atoms with E-state index in [1.807, 2.05) is 27.7 Å². The zero-order valence-electron chi connectivity index (χ0n) is 13.8. The van der Waals surface area contributed by atoms with Crippen molar-refractivity contribution >= 4 is 11.9 Å². The lowest BCUT2D eigenvalue weighted by Crippen LogP contribution is -2.48. The van der Waals surface area contributed by atoms with Gasteiger partial charge in [-0.15, -0.1) is 0 Å². The maximum Gasteiger partial charge on any atom is 0.323 e. The van der Waals surface area contributed by atoms with Crippen LogP contribution in [0.3, 0.4) is 0 Å². The monoisotopic (exact) mass is 286 g/mol. The van der Waals surface area contributed by atoms with Crippen LogP contribution in [0.1, 0.15) is 60.8 Å². The highest BCUT2D eigenvalue weighted by atomic mass is 16.6. The van der Waals surface area contributed by atoms with Gasteiger partial charge >= 0.3 is 11.9 Å². The van der Waals surface area contributed by atoms with Crippen LogP contribution in [0, 0.1) is 17.3 Å². The third kappa shape index (κ3) is 4.22. The van der Waals surface area contributed by atoms with Crippen LogP contribution >= 0.6 is 0 Å². The Morgan fingerprint density at radius 2 is 1.30 bits per heavy atom. The van der Waals surface area contributed by atoms with Crippen molar-refractivity contribution in [2.45, 2.75) is 60.8 Å². The molecule has 0 spiro atoms. The second-order valence-corrected chi connectivity index (χ2v) is 5.52. The molecule has 0 rings (SSSR count). The zero-order valence-corrected chi connectivity index (χ0v) is 13.8. The predicted octanol–water partition coefficient (Wildman–Crippen LogP) is 3.58. The molecule has 0 unspecified atom stereocenters.